The monoisotopic (exact) mass is 333 g/mol. The van der Waals surface area contributed by atoms with E-state index in [4.69, 9.17) is 0 Å². The lowest BCUT2D eigenvalue weighted by Crippen LogP contribution is -2.10. The van der Waals surface area contributed by atoms with E-state index in [-0.39, 0.29) is 5.41 Å². The van der Waals surface area contributed by atoms with Gasteiger partial charge in [0.05, 0.1) is 0 Å². The van der Waals surface area contributed by atoms with E-state index in [1.807, 2.05) is 11.3 Å². The Morgan fingerprint density at radius 3 is 2.67 bits per heavy atom. The van der Waals surface area contributed by atoms with E-state index in [9.17, 15) is 0 Å². The maximum absolute atomic E-state index is 3.66. The number of hydrogen-bond donors (Lipinski definition) is 1. The molecular weight excluding hydrogens is 310 g/mol. The fourth-order valence-corrected chi connectivity index (χ4v) is 4.45. The summed E-state index contributed by atoms with van der Waals surface area (Å²) in [5, 5.41) is 6.38. The lowest BCUT2D eigenvalue weighted by atomic mass is 9.87. The van der Waals surface area contributed by atoms with E-state index in [0.29, 0.717) is 0 Å². The molecule has 2 heteroatoms. The van der Waals surface area contributed by atoms with E-state index in [0.717, 1.165) is 12.8 Å². The minimum absolute atomic E-state index is 0.185. The summed E-state index contributed by atoms with van der Waals surface area (Å²) in [4.78, 5) is 0. The van der Waals surface area contributed by atoms with Crippen LogP contribution in [0.2, 0.25) is 0 Å². The summed E-state index contributed by atoms with van der Waals surface area (Å²) in [5.74, 6) is 0. The van der Waals surface area contributed by atoms with E-state index >= 15 is 0 Å². The molecule has 1 N–H and O–H groups in total. The minimum Gasteiger partial charge on any atom is -0.358 e. The van der Waals surface area contributed by atoms with Gasteiger partial charge in [0.15, 0.2) is 0 Å². The van der Waals surface area contributed by atoms with Gasteiger partial charge in [-0.2, -0.15) is 0 Å². The fraction of sp³-hybridized carbons (Fsp3) is 0.273. The third kappa shape index (κ3) is 2.76. The molecule has 0 spiro atoms. The molecule has 0 atom stereocenters. The molecule has 0 saturated carbocycles. The first-order valence-corrected chi connectivity index (χ1v) is 9.42. The molecule has 0 radical (unpaired) electrons. The smallest absolute Gasteiger partial charge is 0.0476 e. The highest BCUT2D eigenvalue weighted by Gasteiger charge is 2.16. The molecule has 3 aromatic rings. The topological polar surface area (TPSA) is 12.0 Å². The van der Waals surface area contributed by atoms with Crippen LogP contribution in [0.1, 0.15) is 39.2 Å². The molecule has 0 amide bonds. The average Bonchev–Trinajstić information content (AvgIpc) is 2.93. The van der Waals surface area contributed by atoms with Crippen LogP contribution in [-0.2, 0) is 5.41 Å². The van der Waals surface area contributed by atoms with Crippen molar-refractivity contribution in [2.45, 2.75) is 39.0 Å². The van der Waals surface area contributed by atoms with Crippen molar-refractivity contribution in [3.05, 3.63) is 65.9 Å². The largest absolute Gasteiger partial charge is 0.358 e. The number of thiophene rings is 1. The average molecular weight is 334 g/mol. The van der Waals surface area contributed by atoms with Gasteiger partial charge in [-0.15, -0.1) is 11.3 Å². The van der Waals surface area contributed by atoms with Crippen LogP contribution in [0.15, 0.2) is 60.3 Å². The minimum atomic E-state index is 0.185. The first kappa shape index (κ1) is 15.5. The summed E-state index contributed by atoms with van der Waals surface area (Å²) in [6.45, 7) is 6.83. The van der Waals surface area contributed by atoms with Gasteiger partial charge in [-0.05, 0) is 48.1 Å². The number of fused-ring (bicyclic) bond motifs is 3. The molecule has 1 aliphatic carbocycles. The molecule has 0 fully saturated rings. The Hall–Kier alpha value is -2.06. The molecule has 0 aliphatic heterocycles. The normalized spacial score (nSPS) is 15.0. The van der Waals surface area contributed by atoms with Gasteiger partial charge in [-0.25, -0.2) is 0 Å². The Morgan fingerprint density at radius 1 is 1.04 bits per heavy atom. The van der Waals surface area contributed by atoms with E-state index in [1.165, 1.54) is 37.1 Å². The van der Waals surface area contributed by atoms with Gasteiger partial charge in [-0.3, -0.25) is 0 Å². The van der Waals surface area contributed by atoms with Crippen LogP contribution in [-0.4, -0.2) is 0 Å². The van der Waals surface area contributed by atoms with Gasteiger partial charge in [0, 0.05) is 31.6 Å². The Balaban J connectivity index is 1.86. The van der Waals surface area contributed by atoms with E-state index in [1.54, 1.807) is 0 Å². The highest BCUT2D eigenvalue weighted by molar-refractivity contribution is 7.26. The van der Waals surface area contributed by atoms with Crippen molar-refractivity contribution >= 4 is 37.2 Å². The van der Waals surface area contributed by atoms with Gasteiger partial charge in [0.1, 0.15) is 0 Å². The molecule has 0 saturated heterocycles. The molecule has 1 aliphatic rings. The Labute approximate surface area is 147 Å². The second-order valence-electron chi connectivity index (χ2n) is 7.53. The summed E-state index contributed by atoms with van der Waals surface area (Å²) >= 11 is 1.89. The summed E-state index contributed by atoms with van der Waals surface area (Å²) in [6.07, 6.45) is 8.76. The zero-order chi connectivity index (χ0) is 16.7. The van der Waals surface area contributed by atoms with Gasteiger partial charge >= 0.3 is 0 Å². The maximum Gasteiger partial charge on any atom is 0.0476 e. The molecule has 4 rings (SSSR count). The number of anilines is 1. The molecule has 0 bridgehead atoms. The van der Waals surface area contributed by atoms with Gasteiger partial charge in [0.25, 0.3) is 0 Å². The highest BCUT2D eigenvalue weighted by atomic mass is 32.1. The van der Waals surface area contributed by atoms with E-state index < -0.39 is 0 Å². The number of hydrogen-bond acceptors (Lipinski definition) is 2. The number of allylic oxidation sites excluding steroid dienone is 4. The molecule has 0 unspecified atom stereocenters. The molecule has 122 valence electrons. The molecule has 24 heavy (non-hydrogen) atoms. The van der Waals surface area contributed by atoms with Crippen molar-refractivity contribution in [1.29, 1.82) is 0 Å². The first-order chi connectivity index (χ1) is 11.5. The van der Waals surface area contributed by atoms with Crippen molar-refractivity contribution in [3.8, 4) is 0 Å². The third-order valence-corrected chi connectivity index (χ3v) is 5.79. The van der Waals surface area contributed by atoms with Crippen LogP contribution >= 0.6 is 11.3 Å². The number of benzene rings is 2. The summed E-state index contributed by atoms with van der Waals surface area (Å²) in [5.41, 5.74) is 4.11. The fourth-order valence-electron chi connectivity index (χ4n) is 3.28. The quantitative estimate of drug-likeness (QED) is 0.532. The third-order valence-electron chi connectivity index (χ3n) is 4.67. The van der Waals surface area contributed by atoms with Crippen molar-refractivity contribution in [2.24, 2.45) is 0 Å². The number of nitrogens with one attached hydrogen (secondary N) is 1. The second kappa shape index (κ2) is 5.78. The zero-order valence-corrected chi connectivity index (χ0v) is 15.3. The first-order valence-electron chi connectivity index (χ1n) is 8.61. The summed E-state index contributed by atoms with van der Waals surface area (Å²) in [7, 11) is 0. The predicted octanol–water partition coefficient (Wildman–Crippen LogP) is 7.00. The lowest BCUT2D eigenvalue weighted by molar-refractivity contribution is 0.591. The van der Waals surface area contributed by atoms with Crippen molar-refractivity contribution in [1.82, 2.24) is 0 Å². The van der Waals surface area contributed by atoms with E-state index in [2.05, 4.69) is 80.7 Å². The number of rotatable bonds is 2. The molecular formula is C22H23NS. The van der Waals surface area contributed by atoms with Crippen LogP contribution < -0.4 is 5.32 Å². The SMILES string of the molecule is CC(C)(C)c1ccc2c(c1)sc1cccc(NC3=CC=CCC3)c12. The van der Waals surface area contributed by atoms with Crippen molar-refractivity contribution in [3.63, 3.8) is 0 Å². The summed E-state index contributed by atoms with van der Waals surface area (Å²) in [6, 6.07) is 13.5. The van der Waals surface area contributed by atoms with Crippen molar-refractivity contribution < 1.29 is 0 Å². The van der Waals surface area contributed by atoms with Crippen LogP contribution in [0, 0.1) is 0 Å². The van der Waals surface area contributed by atoms with Crippen LogP contribution in [0.4, 0.5) is 5.69 Å². The molecule has 2 aromatic carbocycles. The molecule has 1 aromatic heterocycles. The van der Waals surface area contributed by atoms with Crippen molar-refractivity contribution in [2.75, 3.05) is 5.32 Å². The lowest BCUT2D eigenvalue weighted by Gasteiger charge is -2.18. The molecule has 1 heterocycles. The van der Waals surface area contributed by atoms with Crippen LogP contribution in [0.25, 0.3) is 20.2 Å². The van der Waals surface area contributed by atoms with Crippen LogP contribution in [0.5, 0.6) is 0 Å². The Morgan fingerprint density at radius 2 is 1.92 bits per heavy atom. The maximum atomic E-state index is 3.66. The standard InChI is InChI=1S/C22H23NS/c1-22(2,3)15-12-13-17-20(14-15)24-19-11-7-10-18(21(17)19)23-16-8-5-4-6-9-16/h4-5,7-8,10-14,23H,6,9H2,1-3H3. The van der Waals surface area contributed by atoms with Gasteiger partial charge in [-0.1, -0.05) is 51.1 Å². The zero-order valence-electron chi connectivity index (χ0n) is 14.5. The van der Waals surface area contributed by atoms with Crippen LogP contribution in [0.3, 0.4) is 0 Å². The second-order valence-corrected chi connectivity index (χ2v) is 8.61. The Kier molecular flexibility index (Phi) is 3.73. The predicted molar refractivity (Wildman–Crippen MR) is 108 cm³/mol. The Bertz CT molecular complexity index is 967. The molecule has 1 nitrogen and oxygen atoms in total. The highest BCUT2D eigenvalue weighted by Crippen LogP contribution is 2.40. The summed E-state index contributed by atoms with van der Waals surface area (Å²) < 4.78 is 2.73. The van der Waals surface area contributed by atoms with Gasteiger partial charge in [0.2, 0.25) is 0 Å². The van der Waals surface area contributed by atoms with Gasteiger partial charge < -0.3 is 5.32 Å².